The van der Waals surface area contributed by atoms with Gasteiger partial charge in [0.25, 0.3) is 0 Å². The average molecular weight is 254 g/mol. The summed E-state index contributed by atoms with van der Waals surface area (Å²) in [6, 6.07) is 14.7. The van der Waals surface area contributed by atoms with Crippen molar-refractivity contribution in [1.82, 2.24) is 0 Å². The summed E-state index contributed by atoms with van der Waals surface area (Å²) >= 11 is 0. The van der Waals surface area contributed by atoms with Crippen LogP contribution in [0.2, 0.25) is 0 Å². The highest BCUT2D eigenvalue weighted by Gasteiger charge is 2.04. The number of rotatable bonds is 4. The van der Waals surface area contributed by atoms with Crippen molar-refractivity contribution in [1.29, 1.82) is 5.26 Å². The van der Waals surface area contributed by atoms with Crippen LogP contribution >= 0.6 is 0 Å². The molecule has 0 saturated carbocycles. The van der Waals surface area contributed by atoms with Crippen LogP contribution in [0.1, 0.15) is 11.1 Å². The highest BCUT2D eigenvalue weighted by atomic mass is 16.5. The van der Waals surface area contributed by atoms with E-state index in [-0.39, 0.29) is 0 Å². The molecule has 0 saturated heterocycles. The van der Waals surface area contributed by atoms with E-state index >= 15 is 0 Å². The molecule has 4 heteroatoms. The Labute approximate surface area is 112 Å². The molecule has 0 heterocycles. The second kappa shape index (κ2) is 5.78. The fourth-order valence-electron chi connectivity index (χ4n) is 1.69. The first-order valence-electron chi connectivity index (χ1n) is 5.78. The molecule has 0 radical (unpaired) electrons. The molecule has 0 spiro atoms. The summed E-state index contributed by atoms with van der Waals surface area (Å²) in [5, 5.41) is 8.90. The van der Waals surface area contributed by atoms with Gasteiger partial charge in [-0.3, -0.25) is 0 Å². The molecule has 96 valence electrons. The Morgan fingerprint density at radius 1 is 1.21 bits per heavy atom. The molecule has 0 aromatic heterocycles. The van der Waals surface area contributed by atoms with Crippen molar-refractivity contribution in [3.8, 4) is 17.6 Å². The smallest absolute Gasteiger partial charge is 0.137 e. The topological polar surface area (TPSA) is 68.3 Å². The lowest BCUT2D eigenvalue weighted by Gasteiger charge is -2.09. The molecule has 2 N–H and O–H groups in total. The number of hydrogen-bond donors (Lipinski definition) is 1. The number of methoxy groups -OCH3 is 1. The molecule has 2 aromatic rings. The van der Waals surface area contributed by atoms with E-state index in [2.05, 4.69) is 6.07 Å². The molecular formula is C15H14N2O2. The van der Waals surface area contributed by atoms with E-state index < -0.39 is 0 Å². The number of nitrogen functional groups attached to an aromatic ring is 1. The van der Waals surface area contributed by atoms with Gasteiger partial charge in [0.2, 0.25) is 0 Å². The maximum atomic E-state index is 8.90. The van der Waals surface area contributed by atoms with Gasteiger partial charge in [0.15, 0.2) is 0 Å². The van der Waals surface area contributed by atoms with E-state index in [0.717, 1.165) is 5.56 Å². The molecule has 19 heavy (non-hydrogen) atoms. The third kappa shape index (κ3) is 3.17. The monoisotopic (exact) mass is 254 g/mol. The van der Waals surface area contributed by atoms with Crippen molar-refractivity contribution < 1.29 is 9.47 Å². The fourth-order valence-corrected chi connectivity index (χ4v) is 1.69. The van der Waals surface area contributed by atoms with Gasteiger partial charge in [-0.2, -0.15) is 5.26 Å². The van der Waals surface area contributed by atoms with Gasteiger partial charge in [0, 0.05) is 11.8 Å². The number of ether oxygens (including phenoxy) is 2. The largest absolute Gasteiger partial charge is 0.495 e. The molecular weight excluding hydrogens is 240 g/mol. The summed E-state index contributed by atoms with van der Waals surface area (Å²) in [5.41, 5.74) is 7.78. The second-order valence-electron chi connectivity index (χ2n) is 4.01. The van der Waals surface area contributed by atoms with Crippen LogP contribution in [0.5, 0.6) is 11.5 Å². The quantitative estimate of drug-likeness (QED) is 0.852. The standard InChI is InChI=1S/C15H14N2O2/c1-18-15-7-11(5-6-12(15)9-16)10-19-14-4-2-3-13(17)8-14/h2-8H,10,17H2,1H3. The van der Waals surface area contributed by atoms with Crippen LogP contribution in [0.3, 0.4) is 0 Å². The van der Waals surface area contributed by atoms with Crippen molar-refractivity contribution in [2.24, 2.45) is 0 Å². The number of hydrogen-bond acceptors (Lipinski definition) is 4. The number of anilines is 1. The van der Waals surface area contributed by atoms with Crippen LogP contribution in [0.25, 0.3) is 0 Å². The molecule has 2 aromatic carbocycles. The second-order valence-corrected chi connectivity index (χ2v) is 4.01. The van der Waals surface area contributed by atoms with E-state index in [1.54, 1.807) is 31.4 Å². The Morgan fingerprint density at radius 3 is 2.74 bits per heavy atom. The summed E-state index contributed by atoms with van der Waals surface area (Å²) in [7, 11) is 1.54. The average Bonchev–Trinajstić information content (AvgIpc) is 2.45. The van der Waals surface area contributed by atoms with E-state index in [1.807, 2.05) is 18.2 Å². The zero-order valence-corrected chi connectivity index (χ0v) is 10.6. The highest BCUT2D eigenvalue weighted by molar-refractivity contribution is 5.46. The third-order valence-electron chi connectivity index (χ3n) is 2.65. The third-order valence-corrected chi connectivity index (χ3v) is 2.65. The van der Waals surface area contributed by atoms with E-state index in [9.17, 15) is 0 Å². The van der Waals surface area contributed by atoms with Gasteiger partial charge in [-0.15, -0.1) is 0 Å². The van der Waals surface area contributed by atoms with Crippen LogP contribution in [0, 0.1) is 11.3 Å². The molecule has 0 unspecified atom stereocenters. The summed E-state index contributed by atoms with van der Waals surface area (Å²) in [4.78, 5) is 0. The Balaban J connectivity index is 2.10. The summed E-state index contributed by atoms with van der Waals surface area (Å²) in [6.07, 6.45) is 0. The molecule has 0 fully saturated rings. The van der Waals surface area contributed by atoms with E-state index in [0.29, 0.717) is 29.4 Å². The Bertz CT molecular complexity index is 618. The molecule has 0 bridgehead atoms. The van der Waals surface area contributed by atoms with Gasteiger partial charge in [-0.1, -0.05) is 12.1 Å². The highest BCUT2D eigenvalue weighted by Crippen LogP contribution is 2.21. The molecule has 0 atom stereocenters. The summed E-state index contributed by atoms with van der Waals surface area (Å²) < 4.78 is 10.8. The van der Waals surface area contributed by atoms with Gasteiger partial charge >= 0.3 is 0 Å². The van der Waals surface area contributed by atoms with Crippen molar-refractivity contribution in [3.63, 3.8) is 0 Å². The van der Waals surface area contributed by atoms with Crippen LogP contribution in [-0.2, 0) is 6.61 Å². The SMILES string of the molecule is COc1cc(COc2cccc(N)c2)ccc1C#N. The minimum Gasteiger partial charge on any atom is -0.495 e. The van der Waals surface area contributed by atoms with Gasteiger partial charge in [-0.25, -0.2) is 0 Å². The van der Waals surface area contributed by atoms with Crippen LogP contribution in [0.15, 0.2) is 42.5 Å². The zero-order chi connectivity index (χ0) is 13.7. The molecule has 0 amide bonds. The lowest BCUT2D eigenvalue weighted by Crippen LogP contribution is -1.98. The first-order chi connectivity index (χ1) is 9.22. The number of nitriles is 1. The van der Waals surface area contributed by atoms with Gasteiger partial charge in [-0.05, 0) is 29.8 Å². The van der Waals surface area contributed by atoms with Crippen molar-refractivity contribution in [3.05, 3.63) is 53.6 Å². The maximum absolute atomic E-state index is 8.90. The van der Waals surface area contributed by atoms with Crippen LogP contribution in [-0.4, -0.2) is 7.11 Å². The van der Waals surface area contributed by atoms with E-state index in [1.165, 1.54) is 0 Å². The Hall–Kier alpha value is -2.67. The maximum Gasteiger partial charge on any atom is 0.137 e. The van der Waals surface area contributed by atoms with Gasteiger partial charge in [0.05, 0.1) is 12.7 Å². The van der Waals surface area contributed by atoms with Crippen molar-refractivity contribution in [2.75, 3.05) is 12.8 Å². The lowest BCUT2D eigenvalue weighted by atomic mass is 10.1. The predicted octanol–water partition coefficient (Wildman–Crippen LogP) is 2.73. The summed E-state index contributed by atoms with van der Waals surface area (Å²) in [5.74, 6) is 1.26. The van der Waals surface area contributed by atoms with Gasteiger partial charge < -0.3 is 15.2 Å². The molecule has 2 rings (SSSR count). The Morgan fingerprint density at radius 2 is 2.05 bits per heavy atom. The molecule has 4 nitrogen and oxygen atoms in total. The van der Waals surface area contributed by atoms with Crippen molar-refractivity contribution >= 4 is 5.69 Å². The first-order valence-corrected chi connectivity index (χ1v) is 5.78. The lowest BCUT2D eigenvalue weighted by molar-refractivity contribution is 0.305. The minimum atomic E-state index is 0.394. The molecule has 0 aliphatic heterocycles. The van der Waals surface area contributed by atoms with Crippen LogP contribution in [0.4, 0.5) is 5.69 Å². The molecule has 0 aliphatic rings. The number of benzene rings is 2. The zero-order valence-electron chi connectivity index (χ0n) is 10.6. The minimum absolute atomic E-state index is 0.394. The van der Waals surface area contributed by atoms with Gasteiger partial charge in [0.1, 0.15) is 24.2 Å². The van der Waals surface area contributed by atoms with Crippen LogP contribution < -0.4 is 15.2 Å². The first kappa shape index (κ1) is 12.8. The fraction of sp³-hybridized carbons (Fsp3) is 0.133. The van der Waals surface area contributed by atoms with E-state index in [4.69, 9.17) is 20.5 Å². The normalized spacial score (nSPS) is 9.68. The number of nitrogens with two attached hydrogens (primary N) is 1. The number of nitrogens with zero attached hydrogens (tertiary/aromatic N) is 1. The summed E-state index contributed by atoms with van der Waals surface area (Å²) in [6.45, 7) is 0.394. The Kier molecular flexibility index (Phi) is 3.89. The predicted molar refractivity (Wildman–Crippen MR) is 72.9 cm³/mol. The molecule has 0 aliphatic carbocycles. The van der Waals surface area contributed by atoms with Crippen molar-refractivity contribution in [2.45, 2.75) is 6.61 Å².